The Morgan fingerprint density at radius 3 is 3.04 bits per heavy atom. The average molecular weight is 345 g/mol. The smallest absolute Gasteiger partial charge is 0.358 e. The molecule has 0 unspecified atom stereocenters. The van der Waals surface area contributed by atoms with E-state index in [4.69, 9.17) is 4.74 Å². The number of H-pyrrole nitrogens is 1. The number of rotatable bonds is 5. The van der Waals surface area contributed by atoms with E-state index in [1.165, 1.54) is 10.7 Å². The maximum absolute atomic E-state index is 13.3. The molecule has 9 heteroatoms. The van der Waals surface area contributed by atoms with Gasteiger partial charge in [-0.15, -0.1) is 5.10 Å². The molecule has 2 N–H and O–H groups in total. The zero-order valence-corrected chi connectivity index (χ0v) is 13.6. The zero-order chi connectivity index (χ0) is 18.0. The van der Waals surface area contributed by atoms with Crippen molar-refractivity contribution in [1.82, 2.24) is 19.6 Å². The quantitative estimate of drug-likeness (QED) is 0.685. The number of ether oxygens (including phenoxy) is 1. The highest BCUT2D eigenvalue weighted by Gasteiger charge is 2.16. The molecule has 130 valence electrons. The van der Waals surface area contributed by atoms with Gasteiger partial charge in [0, 0.05) is 11.8 Å². The molecule has 3 rings (SSSR count). The van der Waals surface area contributed by atoms with Gasteiger partial charge >= 0.3 is 5.97 Å². The van der Waals surface area contributed by atoms with E-state index in [9.17, 15) is 14.0 Å². The third-order valence-corrected chi connectivity index (χ3v) is 3.57. The number of carbonyl (C=O) groups excluding carboxylic acids is 1. The molecular formula is C16H16FN5O3. The summed E-state index contributed by atoms with van der Waals surface area (Å²) in [4.78, 5) is 30.2. The summed E-state index contributed by atoms with van der Waals surface area (Å²) in [6.07, 6.45) is 2.38. The van der Waals surface area contributed by atoms with E-state index in [0.29, 0.717) is 11.5 Å². The fraction of sp³-hybridized carbons (Fsp3) is 0.250. The van der Waals surface area contributed by atoms with Gasteiger partial charge in [0.1, 0.15) is 11.6 Å². The number of hydrogen-bond donors (Lipinski definition) is 2. The van der Waals surface area contributed by atoms with Crippen LogP contribution in [0.3, 0.4) is 0 Å². The van der Waals surface area contributed by atoms with Crippen molar-refractivity contribution < 1.29 is 13.9 Å². The molecule has 0 aliphatic rings. The molecule has 3 aromatic rings. The summed E-state index contributed by atoms with van der Waals surface area (Å²) in [5.74, 6) is -0.674. The van der Waals surface area contributed by atoms with Crippen molar-refractivity contribution in [2.45, 2.75) is 19.9 Å². The normalized spacial score (nSPS) is 12.1. The minimum Gasteiger partial charge on any atom is -0.461 e. The number of anilines is 1. The van der Waals surface area contributed by atoms with Gasteiger partial charge in [-0.2, -0.15) is 0 Å². The third-order valence-electron chi connectivity index (χ3n) is 3.57. The molecule has 0 aromatic carbocycles. The van der Waals surface area contributed by atoms with Crippen molar-refractivity contribution in [2.24, 2.45) is 0 Å². The van der Waals surface area contributed by atoms with Crippen LogP contribution < -0.4 is 10.9 Å². The molecule has 0 aliphatic heterocycles. The Morgan fingerprint density at radius 2 is 2.28 bits per heavy atom. The summed E-state index contributed by atoms with van der Waals surface area (Å²) in [5.41, 5.74) is 0.511. The number of nitrogens with zero attached hydrogens (tertiary/aromatic N) is 3. The molecule has 0 saturated heterocycles. The summed E-state index contributed by atoms with van der Waals surface area (Å²) in [5, 5.41) is 7.30. The van der Waals surface area contributed by atoms with E-state index >= 15 is 0 Å². The van der Waals surface area contributed by atoms with Gasteiger partial charge in [0.25, 0.3) is 5.56 Å². The van der Waals surface area contributed by atoms with Gasteiger partial charge in [-0.3, -0.25) is 4.79 Å². The summed E-state index contributed by atoms with van der Waals surface area (Å²) in [6, 6.07) is 3.98. The molecule has 0 fully saturated rings. The number of aromatic nitrogens is 4. The lowest BCUT2D eigenvalue weighted by atomic mass is 10.1. The molecule has 3 aromatic heterocycles. The van der Waals surface area contributed by atoms with Crippen molar-refractivity contribution in [3.8, 4) is 0 Å². The van der Waals surface area contributed by atoms with Crippen LogP contribution in [0.1, 0.15) is 35.9 Å². The number of halogens is 1. The zero-order valence-electron chi connectivity index (χ0n) is 13.6. The number of hydrogen-bond acceptors (Lipinski definition) is 6. The van der Waals surface area contributed by atoms with E-state index in [-0.39, 0.29) is 17.9 Å². The van der Waals surface area contributed by atoms with Crippen LogP contribution in [0, 0.1) is 5.82 Å². The number of carbonyl (C=O) groups is 1. The number of pyridine rings is 1. The van der Waals surface area contributed by atoms with Gasteiger partial charge in [-0.05, 0) is 32.0 Å². The minimum atomic E-state index is -0.536. The summed E-state index contributed by atoms with van der Waals surface area (Å²) >= 11 is 0. The maximum Gasteiger partial charge on any atom is 0.358 e. The Balaban J connectivity index is 1.91. The molecule has 0 bridgehead atoms. The first kappa shape index (κ1) is 16.6. The number of nitrogens with one attached hydrogen (secondary N) is 2. The van der Waals surface area contributed by atoms with Crippen LogP contribution in [-0.2, 0) is 4.74 Å². The molecule has 8 nitrogen and oxygen atoms in total. The van der Waals surface area contributed by atoms with E-state index in [1.807, 2.05) is 0 Å². The van der Waals surface area contributed by atoms with Gasteiger partial charge in [0.05, 0.1) is 18.8 Å². The number of aromatic amines is 1. The molecule has 0 spiro atoms. The SMILES string of the molecule is CCOC(=O)c1cnc2ccc(N[C@H](C)c3cc(F)c[nH]c3=O)nn12. The molecule has 1 atom stereocenters. The standard InChI is InChI=1S/C16H16FN5O3/c1-3-25-16(24)12-8-18-14-5-4-13(21-22(12)14)20-9(2)11-6-10(17)7-19-15(11)23/h4-9H,3H2,1-2H3,(H,19,23)(H,20,21)/t9-/m1/s1. The molecule has 0 saturated carbocycles. The Labute approximate surface area is 141 Å². The van der Waals surface area contributed by atoms with E-state index in [2.05, 4.69) is 20.4 Å². The molecule has 0 aliphatic carbocycles. The van der Waals surface area contributed by atoms with Crippen LogP contribution in [-0.4, -0.2) is 32.2 Å². The van der Waals surface area contributed by atoms with Crippen molar-refractivity contribution in [2.75, 3.05) is 11.9 Å². The second-order valence-corrected chi connectivity index (χ2v) is 5.32. The van der Waals surface area contributed by atoms with E-state index in [1.54, 1.807) is 26.0 Å². The predicted molar refractivity (Wildman–Crippen MR) is 88.0 cm³/mol. The van der Waals surface area contributed by atoms with E-state index in [0.717, 1.165) is 12.3 Å². The van der Waals surface area contributed by atoms with Crippen molar-refractivity contribution in [1.29, 1.82) is 0 Å². The van der Waals surface area contributed by atoms with Crippen LogP contribution in [0.2, 0.25) is 0 Å². The summed E-state index contributed by atoms with van der Waals surface area (Å²) < 4.78 is 19.7. The molecule has 3 heterocycles. The molecule has 0 amide bonds. The predicted octanol–water partition coefficient (Wildman–Crippen LogP) is 1.91. The Kier molecular flexibility index (Phi) is 4.46. The number of fused-ring (bicyclic) bond motifs is 1. The van der Waals surface area contributed by atoms with Crippen LogP contribution >= 0.6 is 0 Å². The highest BCUT2D eigenvalue weighted by molar-refractivity contribution is 5.88. The molecule has 0 radical (unpaired) electrons. The van der Waals surface area contributed by atoms with Gasteiger partial charge in [-0.25, -0.2) is 18.7 Å². The highest BCUT2D eigenvalue weighted by atomic mass is 19.1. The molecular weight excluding hydrogens is 329 g/mol. The van der Waals surface area contributed by atoms with Crippen molar-refractivity contribution in [3.63, 3.8) is 0 Å². The Morgan fingerprint density at radius 1 is 1.48 bits per heavy atom. The summed E-state index contributed by atoms with van der Waals surface area (Å²) in [7, 11) is 0. The van der Waals surface area contributed by atoms with Crippen molar-refractivity contribution in [3.05, 3.63) is 58.0 Å². The maximum atomic E-state index is 13.3. The fourth-order valence-electron chi connectivity index (χ4n) is 2.39. The Hall–Kier alpha value is -3.23. The van der Waals surface area contributed by atoms with Gasteiger partial charge in [-0.1, -0.05) is 0 Å². The first-order valence-corrected chi connectivity index (χ1v) is 7.66. The van der Waals surface area contributed by atoms with Crippen LogP contribution in [0.4, 0.5) is 10.2 Å². The first-order valence-electron chi connectivity index (χ1n) is 7.66. The van der Waals surface area contributed by atoms with Crippen LogP contribution in [0.25, 0.3) is 5.65 Å². The first-order chi connectivity index (χ1) is 12.0. The highest BCUT2D eigenvalue weighted by Crippen LogP contribution is 2.16. The van der Waals surface area contributed by atoms with E-state index < -0.39 is 23.4 Å². The molecule has 25 heavy (non-hydrogen) atoms. The number of esters is 1. The largest absolute Gasteiger partial charge is 0.461 e. The number of imidazole rings is 1. The van der Waals surface area contributed by atoms with Crippen LogP contribution in [0.5, 0.6) is 0 Å². The second kappa shape index (κ2) is 6.71. The minimum absolute atomic E-state index is 0.191. The second-order valence-electron chi connectivity index (χ2n) is 5.32. The van der Waals surface area contributed by atoms with Crippen molar-refractivity contribution >= 4 is 17.4 Å². The van der Waals surface area contributed by atoms with Gasteiger partial charge in [0.15, 0.2) is 11.3 Å². The average Bonchev–Trinajstić information content (AvgIpc) is 3.00. The Bertz CT molecular complexity index is 981. The topological polar surface area (TPSA) is 101 Å². The van der Waals surface area contributed by atoms with Gasteiger partial charge in [0.2, 0.25) is 0 Å². The van der Waals surface area contributed by atoms with Crippen LogP contribution in [0.15, 0.2) is 35.4 Å². The fourth-order valence-corrected chi connectivity index (χ4v) is 2.39. The lowest BCUT2D eigenvalue weighted by Crippen LogP contribution is -2.20. The van der Waals surface area contributed by atoms with Gasteiger partial charge < -0.3 is 15.0 Å². The monoisotopic (exact) mass is 345 g/mol. The summed E-state index contributed by atoms with van der Waals surface area (Å²) in [6.45, 7) is 3.65. The lowest BCUT2D eigenvalue weighted by molar-refractivity contribution is 0.0517. The lowest BCUT2D eigenvalue weighted by Gasteiger charge is -2.14. The third kappa shape index (κ3) is 3.35.